The van der Waals surface area contributed by atoms with Gasteiger partial charge in [0.2, 0.25) is 0 Å². The Balaban J connectivity index is 1.91. The maximum absolute atomic E-state index is 12.7. The Labute approximate surface area is 145 Å². The van der Waals surface area contributed by atoms with E-state index in [0.717, 1.165) is 0 Å². The molecule has 0 bridgehead atoms. The van der Waals surface area contributed by atoms with E-state index in [1.54, 1.807) is 17.0 Å². The number of aromatic nitrogens is 1. The summed E-state index contributed by atoms with van der Waals surface area (Å²) in [4.78, 5) is 19.6. The van der Waals surface area contributed by atoms with Crippen LogP contribution in [0.1, 0.15) is 32.0 Å². The first-order chi connectivity index (χ1) is 11.5. The summed E-state index contributed by atoms with van der Waals surface area (Å²) >= 11 is 0. The van der Waals surface area contributed by atoms with Crippen LogP contribution in [0.15, 0.2) is 18.3 Å². The van der Waals surface area contributed by atoms with E-state index in [1.807, 2.05) is 25.7 Å². The fraction of sp³-hybridized carbons (Fsp3) is 0.647. The van der Waals surface area contributed by atoms with Gasteiger partial charge in [0.1, 0.15) is 5.60 Å². The van der Waals surface area contributed by atoms with Gasteiger partial charge in [0.25, 0.3) is 0 Å². The largest absolute Gasteiger partial charge is 0.444 e. The fourth-order valence-electron chi connectivity index (χ4n) is 2.62. The lowest BCUT2D eigenvalue weighted by Crippen LogP contribution is -2.49. The monoisotopic (exact) mass is 359 g/mol. The van der Waals surface area contributed by atoms with Crippen LogP contribution in [0.4, 0.5) is 18.0 Å². The number of rotatable bonds is 3. The normalized spacial score (nSPS) is 16.8. The number of piperazine rings is 1. The SMILES string of the molecule is CC(C)(C)OC(=O)N1CCN(Cc2cccnc2CC(F)(F)F)CC1. The summed E-state index contributed by atoms with van der Waals surface area (Å²) in [5, 5.41) is 0. The number of halogens is 3. The van der Waals surface area contributed by atoms with Crippen LogP contribution in [0.5, 0.6) is 0 Å². The van der Waals surface area contributed by atoms with Gasteiger partial charge in [-0.1, -0.05) is 6.07 Å². The second-order valence-corrected chi connectivity index (χ2v) is 7.14. The quantitative estimate of drug-likeness (QED) is 0.831. The highest BCUT2D eigenvalue weighted by molar-refractivity contribution is 5.68. The highest BCUT2D eigenvalue weighted by atomic mass is 19.4. The van der Waals surface area contributed by atoms with E-state index in [0.29, 0.717) is 38.3 Å². The molecule has 1 aromatic heterocycles. The molecule has 0 aromatic carbocycles. The van der Waals surface area contributed by atoms with E-state index < -0.39 is 18.2 Å². The van der Waals surface area contributed by atoms with Crippen LogP contribution < -0.4 is 0 Å². The molecule has 1 saturated heterocycles. The van der Waals surface area contributed by atoms with E-state index in [4.69, 9.17) is 4.74 Å². The van der Waals surface area contributed by atoms with Gasteiger partial charge in [-0.2, -0.15) is 13.2 Å². The number of hydrogen-bond acceptors (Lipinski definition) is 4. The van der Waals surface area contributed by atoms with Crippen LogP contribution in [0, 0.1) is 0 Å². The van der Waals surface area contributed by atoms with Gasteiger partial charge in [-0.05, 0) is 32.4 Å². The number of alkyl halides is 3. The molecule has 140 valence electrons. The van der Waals surface area contributed by atoms with Gasteiger partial charge in [-0.25, -0.2) is 4.79 Å². The van der Waals surface area contributed by atoms with Crippen molar-refractivity contribution in [1.82, 2.24) is 14.8 Å². The zero-order valence-corrected chi connectivity index (χ0v) is 14.8. The molecule has 1 fully saturated rings. The second-order valence-electron chi connectivity index (χ2n) is 7.14. The van der Waals surface area contributed by atoms with E-state index in [-0.39, 0.29) is 11.8 Å². The number of carbonyl (C=O) groups excluding carboxylic acids is 1. The number of amides is 1. The van der Waals surface area contributed by atoms with Crippen molar-refractivity contribution in [1.29, 1.82) is 0 Å². The Bertz CT molecular complexity index is 592. The van der Waals surface area contributed by atoms with Gasteiger partial charge in [0.05, 0.1) is 12.1 Å². The number of ether oxygens (including phenoxy) is 1. The molecule has 8 heteroatoms. The van der Waals surface area contributed by atoms with Crippen molar-refractivity contribution < 1.29 is 22.7 Å². The molecule has 0 saturated carbocycles. The topological polar surface area (TPSA) is 45.7 Å². The molecule has 0 N–H and O–H groups in total. The highest BCUT2D eigenvalue weighted by Gasteiger charge is 2.30. The van der Waals surface area contributed by atoms with Gasteiger partial charge in [0.15, 0.2) is 0 Å². The van der Waals surface area contributed by atoms with Crippen LogP contribution >= 0.6 is 0 Å². The van der Waals surface area contributed by atoms with Crippen LogP contribution in [0.25, 0.3) is 0 Å². The summed E-state index contributed by atoms with van der Waals surface area (Å²) < 4.78 is 43.3. The average Bonchev–Trinajstić information content (AvgIpc) is 2.47. The molecule has 25 heavy (non-hydrogen) atoms. The van der Waals surface area contributed by atoms with E-state index in [9.17, 15) is 18.0 Å². The fourth-order valence-corrected chi connectivity index (χ4v) is 2.62. The van der Waals surface area contributed by atoms with Crippen molar-refractivity contribution >= 4 is 6.09 Å². The minimum Gasteiger partial charge on any atom is -0.444 e. The van der Waals surface area contributed by atoms with Crippen LogP contribution in [-0.2, 0) is 17.7 Å². The van der Waals surface area contributed by atoms with Crippen LogP contribution in [-0.4, -0.2) is 58.8 Å². The Morgan fingerprint density at radius 2 is 1.84 bits per heavy atom. The predicted octanol–water partition coefficient (Wildman–Crippen LogP) is 3.24. The Kier molecular flexibility index (Phi) is 5.92. The van der Waals surface area contributed by atoms with Crippen LogP contribution in [0.3, 0.4) is 0 Å². The molecule has 1 amide bonds. The van der Waals surface area contributed by atoms with Gasteiger partial charge in [-0.3, -0.25) is 9.88 Å². The molecule has 0 radical (unpaired) electrons. The number of carbonyl (C=O) groups is 1. The van der Waals surface area contributed by atoms with Gasteiger partial charge in [0, 0.05) is 38.9 Å². The highest BCUT2D eigenvalue weighted by Crippen LogP contribution is 2.23. The maximum Gasteiger partial charge on any atom is 0.410 e. The third kappa shape index (κ3) is 6.53. The smallest absolute Gasteiger partial charge is 0.410 e. The van der Waals surface area contributed by atoms with Crippen molar-refractivity contribution in [2.75, 3.05) is 26.2 Å². The van der Waals surface area contributed by atoms with Crippen molar-refractivity contribution in [3.05, 3.63) is 29.6 Å². The minimum atomic E-state index is -4.28. The van der Waals surface area contributed by atoms with E-state index in [1.165, 1.54) is 6.20 Å². The summed E-state index contributed by atoms with van der Waals surface area (Å²) in [6.07, 6.45) is -4.28. The molecule has 1 aliphatic heterocycles. The minimum absolute atomic E-state index is 0.0598. The molecule has 0 spiro atoms. The van der Waals surface area contributed by atoms with Crippen molar-refractivity contribution in [2.24, 2.45) is 0 Å². The van der Waals surface area contributed by atoms with Crippen molar-refractivity contribution in [2.45, 2.75) is 45.5 Å². The number of pyridine rings is 1. The summed E-state index contributed by atoms with van der Waals surface area (Å²) in [6.45, 7) is 7.97. The molecule has 2 heterocycles. The first-order valence-corrected chi connectivity index (χ1v) is 8.23. The summed E-state index contributed by atoms with van der Waals surface area (Å²) in [7, 11) is 0. The van der Waals surface area contributed by atoms with Gasteiger partial charge < -0.3 is 9.64 Å². The molecular formula is C17H24F3N3O2. The maximum atomic E-state index is 12.7. The van der Waals surface area contributed by atoms with Gasteiger partial charge in [-0.15, -0.1) is 0 Å². The third-order valence-electron chi connectivity index (χ3n) is 3.77. The zero-order valence-electron chi connectivity index (χ0n) is 14.8. The van der Waals surface area contributed by atoms with Crippen molar-refractivity contribution in [3.8, 4) is 0 Å². The lowest BCUT2D eigenvalue weighted by atomic mass is 10.1. The first kappa shape index (κ1) is 19.5. The Morgan fingerprint density at radius 3 is 2.40 bits per heavy atom. The molecule has 5 nitrogen and oxygen atoms in total. The molecule has 1 aliphatic rings. The second kappa shape index (κ2) is 7.59. The predicted molar refractivity (Wildman–Crippen MR) is 87.1 cm³/mol. The number of hydrogen-bond donors (Lipinski definition) is 0. The summed E-state index contributed by atoms with van der Waals surface area (Å²) in [5.74, 6) is 0. The molecule has 0 aliphatic carbocycles. The molecule has 0 unspecified atom stereocenters. The standard InChI is InChI=1S/C17H24F3N3O2/c1-16(2,3)25-15(24)23-9-7-22(8-10-23)12-13-5-4-6-21-14(13)11-17(18,19)20/h4-6H,7-12H2,1-3H3. The lowest BCUT2D eigenvalue weighted by Gasteiger charge is -2.35. The van der Waals surface area contributed by atoms with E-state index >= 15 is 0 Å². The average molecular weight is 359 g/mol. The summed E-state index contributed by atoms with van der Waals surface area (Å²) in [6, 6.07) is 3.32. The zero-order chi connectivity index (χ0) is 18.7. The van der Waals surface area contributed by atoms with Crippen molar-refractivity contribution in [3.63, 3.8) is 0 Å². The molecular weight excluding hydrogens is 335 g/mol. The van der Waals surface area contributed by atoms with Crippen LogP contribution in [0.2, 0.25) is 0 Å². The van der Waals surface area contributed by atoms with Gasteiger partial charge >= 0.3 is 12.3 Å². The molecule has 0 atom stereocenters. The third-order valence-corrected chi connectivity index (χ3v) is 3.77. The summed E-state index contributed by atoms with van der Waals surface area (Å²) in [5.41, 5.74) is 0.0891. The first-order valence-electron chi connectivity index (χ1n) is 8.23. The molecule has 2 rings (SSSR count). The lowest BCUT2D eigenvalue weighted by molar-refractivity contribution is -0.128. The molecule has 1 aromatic rings. The van der Waals surface area contributed by atoms with E-state index in [2.05, 4.69) is 4.98 Å². The Hall–Kier alpha value is -1.83. The number of nitrogens with zero attached hydrogens (tertiary/aromatic N) is 3. The Morgan fingerprint density at radius 1 is 1.20 bits per heavy atom.